The van der Waals surface area contributed by atoms with Crippen molar-refractivity contribution in [2.75, 3.05) is 11.9 Å². The highest BCUT2D eigenvalue weighted by Crippen LogP contribution is 2.27. The molecule has 6 nitrogen and oxygen atoms in total. The second-order valence-corrected chi connectivity index (χ2v) is 8.36. The molecule has 0 saturated carbocycles. The number of hydrogen-bond acceptors (Lipinski definition) is 3. The van der Waals surface area contributed by atoms with Crippen molar-refractivity contribution in [3.8, 4) is 0 Å². The highest BCUT2D eigenvalue weighted by Gasteiger charge is 2.35. The van der Waals surface area contributed by atoms with Crippen molar-refractivity contribution in [1.29, 1.82) is 0 Å². The number of amides is 2. The van der Waals surface area contributed by atoms with E-state index < -0.39 is 17.3 Å². The zero-order valence-electron chi connectivity index (χ0n) is 16.6. The van der Waals surface area contributed by atoms with Crippen LogP contribution >= 0.6 is 11.6 Å². The molecule has 0 aliphatic rings. The SMILES string of the molecule is CCC(CC)(CNC(=O)c1cc(NC(=O)CC(C)(C)C)ccc1Cl)C(=O)O. The summed E-state index contributed by atoms with van der Waals surface area (Å²) in [5, 5.41) is 15.1. The first-order valence-corrected chi connectivity index (χ1v) is 9.43. The van der Waals surface area contributed by atoms with Crippen LogP contribution in [0.1, 0.15) is 64.2 Å². The fraction of sp³-hybridized carbons (Fsp3) is 0.550. The highest BCUT2D eigenvalue weighted by atomic mass is 35.5. The number of carboxylic acid groups (broad SMARTS) is 1. The Balaban J connectivity index is 2.91. The van der Waals surface area contributed by atoms with Gasteiger partial charge in [-0.15, -0.1) is 0 Å². The van der Waals surface area contributed by atoms with Gasteiger partial charge in [0.05, 0.1) is 16.0 Å². The maximum atomic E-state index is 12.5. The summed E-state index contributed by atoms with van der Waals surface area (Å²) in [7, 11) is 0. The maximum Gasteiger partial charge on any atom is 0.311 e. The molecule has 0 aromatic heterocycles. The Labute approximate surface area is 165 Å². The average Bonchev–Trinajstić information content (AvgIpc) is 2.55. The predicted molar refractivity (Wildman–Crippen MR) is 107 cm³/mol. The van der Waals surface area contributed by atoms with Crippen molar-refractivity contribution < 1.29 is 19.5 Å². The van der Waals surface area contributed by atoms with Gasteiger partial charge in [-0.05, 0) is 36.5 Å². The van der Waals surface area contributed by atoms with Crippen LogP contribution in [0.5, 0.6) is 0 Å². The van der Waals surface area contributed by atoms with Gasteiger partial charge in [-0.1, -0.05) is 46.2 Å². The zero-order valence-corrected chi connectivity index (χ0v) is 17.4. The van der Waals surface area contributed by atoms with E-state index in [1.54, 1.807) is 19.9 Å². The third kappa shape index (κ3) is 6.54. The summed E-state index contributed by atoms with van der Waals surface area (Å²) in [5.74, 6) is -1.57. The average molecular weight is 397 g/mol. The molecule has 27 heavy (non-hydrogen) atoms. The van der Waals surface area contributed by atoms with Crippen LogP contribution in [-0.4, -0.2) is 29.4 Å². The number of halogens is 1. The number of carbonyl (C=O) groups excluding carboxylic acids is 2. The van der Waals surface area contributed by atoms with Crippen LogP contribution in [0, 0.1) is 10.8 Å². The molecule has 1 rings (SSSR count). The van der Waals surface area contributed by atoms with E-state index in [9.17, 15) is 19.5 Å². The summed E-state index contributed by atoms with van der Waals surface area (Å²) in [6.07, 6.45) is 1.14. The Bertz CT molecular complexity index is 706. The molecule has 0 aliphatic heterocycles. The van der Waals surface area contributed by atoms with Gasteiger partial charge >= 0.3 is 5.97 Å². The van der Waals surface area contributed by atoms with E-state index in [-0.39, 0.29) is 28.5 Å². The van der Waals surface area contributed by atoms with Crippen LogP contribution in [0.15, 0.2) is 18.2 Å². The first-order valence-electron chi connectivity index (χ1n) is 9.05. The van der Waals surface area contributed by atoms with Gasteiger partial charge in [0.1, 0.15) is 0 Å². The number of benzene rings is 1. The van der Waals surface area contributed by atoms with Crippen molar-refractivity contribution in [3.05, 3.63) is 28.8 Å². The normalized spacial score (nSPS) is 11.8. The topological polar surface area (TPSA) is 95.5 Å². The second-order valence-electron chi connectivity index (χ2n) is 7.96. The van der Waals surface area contributed by atoms with Crippen LogP contribution < -0.4 is 10.6 Å². The largest absolute Gasteiger partial charge is 0.481 e. The molecule has 0 fully saturated rings. The van der Waals surface area contributed by atoms with Crippen molar-refractivity contribution in [1.82, 2.24) is 5.32 Å². The molecular formula is C20H29ClN2O4. The van der Waals surface area contributed by atoms with E-state index in [0.717, 1.165) is 0 Å². The maximum absolute atomic E-state index is 12.5. The number of carbonyl (C=O) groups is 3. The second kappa shape index (κ2) is 9.22. The van der Waals surface area contributed by atoms with Crippen LogP contribution in [0.3, 0.4) is 0 Å². The van der Waals surface area contributed by atoms with Gasteiger partial charge in [-0.2, -0.15) is 0 Å². The van der Waals surface area contributed by atoms with Gasteiger partial charge in [0.25, 0.3) is 5.91 Å². The Morgan fingerprint density at radius 2 is 1.70 bits per heavy atom. The smallest absolute Gasteiger partial charge is 0.311 e. The molecule has 0 radical (unpaired) electrons. The quantitative estimate of drug-likeness (QED) is 0.609. The number of anilines is 1. The first kappa shape index (κ1) is 23.0. The molecule has 0 saturated heterocycles. The summed E-state index contributed by atoms with van der Waals surface area (Å²) >= 11 is 6.12. The molecule has 0 bridgehead atoms. The van der Waals surface area contributed by atoms with Gasteiger partial charge < -0.3 is 15.7 Å². The van der Waals surface area contributed by atoms with E-state index in [1.807, 2.05) is 20.8 Å². The minimum Gasteiger partial charge on any atom is -0.481 e. The Morgan fingerprint density at radius 3 is 2.19 bits per heavy atom. The van der Waals surface area contributed by atoms with Crippen molar-refractivity contribution in [2.45, 2.75) is 53.9 Å². The monoisotopic (exact) mass is 396 g/mol. The number of hydrogen-bond donors (Lipinski definition) is 3. The molecule has 0 aliphatic carbocycles. The predicted octanol–water partition coefficient (Wildman–Crippen LogP) is 4.34. The molecule has 0 heterocycles. The van der Waals surface area contributed by atoms with Crippen LogP contribution in [0.2, 0.25) is 5.02 Å². The summed E-state index contributed by atoms with van der Waals surface area (Å²) < 4.78 is 0. The van der Waals surface area contributed by atoms with Gasteiger partial charge in [-0.3, -0.25) is 14.4 Å². The molecule has 1 aromatic rings. The van der Waals surface area contributed by atoms with Gasteiger partial charge in [0.2, 0.25) is 5.91 Å². The standard InChI is InChI=1S/C20H29ClN2O4/c1-6-20(7-2,18(26)27)12-22-17(25)14-10-13(8-9-15(14)21)23-16(24)11-19(3,4)5/h8-10H,6-7,11-12H2,1-5H3,(H,22,25)(H,23,24)(H,26,27). The third-order valence-electron chi connectivity index (χ3n) is 4.58. The molecule has 1 aromatic carbocycles. The van der Waals surface area contributed by atoms with E-state index in [1.165, 1.54) is 12.1 Å². The Hall–Kier alpha value is -2.08. The summed E-state index contributed by atoms with van der Waals surface area (Å²) in [6.45, 7) is 9.45. The fourth-order valence-corrected chi connectivity index (χ4v) is 2.89. The summed E-state index contributed by atoms with van der Waals surface area (Å²) in [6, 6.07) is 4.66. The number of carboxylic acids is 1. The van der Waals surface area contributed by atoms with Gasteiger partial charge in [0, 0.05) is 18.7 Å². The molecule has 2 amide bonds. The molecule has 0 spiro atoms. The number of rotatable bonds is 8. The van der Waals surface area contributed by atoms with E-state index in [0.29, 0.717) is 24.9 Å². The minimum absolute atomic E-state index is 0.00507. The van der Waals surface area contributed by atoms with Crippen molar-refractivity contribution in [3.63, 3.8) is 0 Å². The molecule has 3 N–H and O–H groups in total. The number of nitrogens with one attached hydrogen (secondary N) is 2. The Kier molecular flexibility index (Phi) is 7.84. The lowest BCUT2D eigenvalue weighted by Gasteiger charge is -2.27. The van der Waals surface area contributed by atoms with Crippen LogP contribution in [0.25, 0.3) is 0 Å². The lowest BCUT2D eigenvalue weighted by atomic mass is 9.82. The molecular weight excluding hydrogens is 368 g/mol. The minimum atomic E-state index is -1.01. The lowest BCUT2D eigenvalue weighted by Crippen LogP contribution is -2.42. The summed E-state index contributed by atoms with van der Waals surface area (Å²) in [4.78, 5) is 36.2. The summed E-state index contributed by atoms with van der Waals surface area (Å²) in [5.41, 5.74) is -0.510. The third-order valence-corrected chi connectivity index (χ3v) is 4.91. The van der Waals surface area contributed by atoms with E-state index >= 15 is 0 Å². The Morgan fingerprint density at radius 1 is 1.11 bits per heavy atom. The van der Waals surface area contributed by atoms with Gasteiger partial charge in [0.15, 0.2) is 0 Å². The number of aliphatic carboxylic acids is 1. The van der Waals surface area contributed by atoms with Crippen LogP contribution in [0.4, 0.5) is 5.69 Å². The van der Waals surface area contributed by atoms with Crippen molar-refractivity contribution in [2.24, 2.45) is 10.8 Å². The molecule has 0 atom stereocenters. The van der Waals surface area contributed by atoms with E-state index in [4.69, 9.17) is 11.6 Å². The van der Waals surface area contributed by atoms with Crippen molar-refractivity contribution >= 4 is 35.1 Å². The molecule has 0 unspecified atom stereocenters. The van der Waals surface area contributed by atoms with E-state index in [2.05, 4.69) is 10.6 Å². The van der Waals surface area contributed by atoms with Crippen LogP contribution in [-0.2, 0) is 9.59 Å². The lowest BCUT2D eigenvalue weighted by molar-refractivity contribution is -0.149. The highest BCUT2D eigenvalue weighted by molar-refractivity contribution is 6.34. The molecule has 150 valence electrons. The molecule has 7 heteroatoms. The fourth-order valence-electron chi connectivity index (χ4n) is 2.69. The zero-order chi connectivity index (χ0) is 20.8. The first-order chi connectivity index (χ1) is 12.4. The van der Waals surface area contributed by atoms with Gasteiger partial charge in [-0.25, -0.2) is 0 Å².